The van der Waals surface area contributed by atoms with E-state index in [1.165, 1.54) is 0 Å². The number of nitrogens with one attached hydrogen (secondary N) is 1. The third kappa shape index (κ3) is 3.62. The molecule has 3 nitrogen and oxygen atoms in total. The van der Waals surface area contributed by atoms with Gasteiger partial charge in [0.1, 0.15) is 5.75 Å². The molecule has 0 unspecified atom stereocenters. The summed E-state index contributed by atoms with van der Waals surface area (Å²) in [5, 5.41) is 11.9. The Kier molecular flexibility index (Phi) is 3.35. The number of phenols is 1. The van der Waals surface area contributed by atoms with E-state index in [0.29, 0.717) is 6.54 Å². The fourth-order valence-corrected chi connectivity index (χ4v) is 1.06. The highest BCUT2D eigenvalue weighted by atomic mass is 16.3. The molecule has 0 aliphatic rings. The molecule has 0 atom stereocenters. The smallest absolute Gasteiger partial charge is 0.225 e. The third-order valence-corrected chi connectivity index (χ3v) is 2.07. The molecule has 0 aliphatic heterocycles. The lowest BCUT2D eigenvalue weighted by Gasteiger charge is -2.17. The second-order valence-corrected chi connectivity index (χ2v) is 4.60. The Morgan fingerprint density at radius 1 is 1.27 bits per heavy atom. The summed E-state index contributed by atoms with van der Waals surface area (Å²) in [5.41, 5.74) is 0.613. The van der Waals surface area contributed by atoms with Gasteiger partial charge >= 0.3 is 0 Å². The zero-order valence-corrected chi connectivity index (χ0v) is 9.37. The highest BCUT2D eigenvalue weighted by Gasteiger charge is 2.20. The maximum absolute atomic E-state index is 11.5. The number of benzene rings is 1. The normalized spacial score (nSPS) is 11.1. The first kappa shape index (κ1) is 11.6. The molecule has 0 aromatic heterocycles. The van der Waals surface area contributed by atoms with Crippen molar-refractivity contribution in [1.29, 1.82) is 0 Å². The van der Waals surface area contributed by atoms with E-state index in [1.807, 2.05) is 20.8 Å². The molecule has 0 fully saturated rings. The number of carbonyl (C=O) groups excluding carboxylic acids is 1. The molecule has 15 heavy (non-hydrogen) atoms. The highest BCUT2D eigenvalue weighted by molar-refractivity contribution is 5.81. The number of amides is 1. The number of hydrogen-bond acceptors (Lipinski definition) is 2. The Hall–Kier alpha value is -1.51. The van der Waals surface area contributed by atoms with Crippen LogP contribution in [0.15, 0.2) is 24.3 Å². The Labute approximate surface area is 90.1 Å². The van der Waals surface area contributed by atoms with Crippen LogP contribution in [0.25, 0.3) is 0 Å². The van der Waals surface area contributed by atoms with Gasteiger partial charge in [-0.05, 0) is 17.7 Å². The van der Waals surface area contributed by atoms with Gasteiger partial charge in [0, 0.05) is 12.0 Å². The summed E-state index contributed by atoms with van der Waals surface area (Å²) in [4.78, 5) is 11.5. The lowest BCUT2D eigenvalue weighted by atomic mass is 9.95. The number of carbonyl (C=O) groups is 1. The molecule has 0 heterocycles. The summed E-state index contributed by atoms with van der Waals surface area (Å²) in [6.45, 7) is 6.12. The molecule has 1 aromatic carbocycles. The van der Waals surface area contributed by atoms with Crippen molar-refractivity contribution in [1.82, 2.24) is 5.32 Å². The molecule has 2 N–H and O–H groups in total. The molecule has 0 spiro atoms. The van der Waals surface area contributed by atoms with Gasteiger partial charge in [-0.3, -0.25) is 4.79 Å². The van der Waals surface area contributed by atoms with Gasteiger partial charge in [-0.15, -0.1) is 0 Å². The van der Waals surface area contributed by atoms with Crippen LogP contribution in [-0.2, 0) is 11.3 Å². The minimum atomic E-state index is -0.364. The van der Waals surface area contributed by atoms with Gasteiger partial charge in [-0.25, -0.2) is 0 Å². The first-order valence-electron chi connectivity index (χ1n) is 4.96. The van der Waals surface area contributed by atoms with Crippen molar-refractivity contribution in [2.75, 3.05) is 0 Å². The third-order valence-electron chi connectivity index (χ3n) is 2.07. The second-order valence-electron chi connectivity index (χ2n) is 4.60. The van der Waals surface area contributed by atoms with Crippen molar-refractivity contribution in [2.45, 2.75) is 27.3 Å². The van der Waals surface area contributed by atoms with Gasteiger partial charge in [0.25, 0.3) is 0 Å². The fourth-order valence-electron chi connectivity index (χ4n) is 1.06. The van der Waals surface area contributed by atoms with E-state index in [2.05, 4.69) is 5.32 Å². The average molecular weight is 207 g/mol. The molecule has 0 saturated carbocycles. The SMILES string of the molecule is CC(C)(C)C(=O)NCc1ccc(O)cc1. The zero-order chi connectivity index (χ0) is 11.5. The van der Waals surface area contributed by atoms with Crippen LogP contribution >= 0.6 is 0 Å². The summed E-state index contributed by atoms with van der Waals surface area (Å²) in [6.07, 6.45) is 0. The fraction of sp³-hybridized carbons (Fsp3) is 0.417. The molecular weight excluding hydrogens is 190 g/mol. The van der Waals surface area contributed by atoms with E-state index in [1.54, 1.807) is 24.3 Å². The first-order valence-corrected chi connectivity index (χ1v) is 4.96. The van der Waals surface area contributed by atoms with Crippen LogP contribution in [0.1, 0.15) is 26.3 Å². The van der Waals surface area contributed by atoms with Crippen LogP contribution in [0.2, 0.25) is 0 Å². The molecule has 1 rings (SSSR count). The van der Waals surface area contributed by atoms with Gasteiger partial charge in [0.15, 0.2) is 0 Å². The maximum Gasteiger partial charge on any atom is 0.225 e. The van der Waals surface area contributed by atoms with Crippen LogP contribution in [0.3, 0.4) is 0 Å². The quantitative estimate of drug-likeness (QED) is 0.779. The van der Waals surface area contributed by atoms with E-state index in [0.717, 1.165) is 5.56 Å². The molecule has 0 aliphatic carbocycles. The lowest BCUT2D eigenvalue weighted by molar-refractivity contribution is -0.128. The molecule has 0 saturated heterocycles. The second kappa shape index (κ2) is 4.34. The van der Waals surface area contributed by atoms with Crippen molar-refractivity contribution < 1.29 is 9.90 Å². The van der Waals surface area contributed by atoms with Crippen molar-refractivity contribution in [3.63, 3.8) is 0 Å². The van der Waals surface area contributed by atoms with E-state index in [4.69, 9.17) is 5.11 Å². The summed E-state index contributed by atoms with van der Waals surface area (Å²) in [6, 6.07) is 6.80. The maximum atomic E-state index is 11.5. The Balaban J connectivity index is 2.51. The Bertz CT molecular complexity index is 336. The van der Waals surface area contributed by atoms with Gasteiger partial charge in [0.05, 0.1) is 0 Å². The first-order chi connectivity index (χ1) is 6.89. The molecule has 82 valence electrons. The predicted molar refractivity (Wildman–Crippen MR) is 59.4 cm³/mol. The zero-order valence-electron chi connectivity index (χ0n) is 9.37. The predicted octanol–water partition coefficient (Wildman–Crippen LogP) is 2.05. The lowest BCUT2D eigenvalue weighted by Crippen LogP contribution is -2.34. The summed E-state index contributed by atoms with van der Waals surface area (Å²) >= 11 is 0. The van der Waals surface area contributed by atoms with Gasteiger partial charge in [0.2, 0.25) is 5.91 Å². The minimum absolute atomic E-state index is 0.0237. The van der Waals surface area contributed by atoms with Gasteiger partial charge < -0.3 is 10.4 Å². The van der Waals surface area contributed by atoms with E-state index >= 15 is 0 Å². The average Bonchev–Trinajstić information content (AvgIpc) is 2.15. The summed E-state index contributed by atoms with van der Waals surface area (Å²) in [5.74, 6) is 0.261. The standard InChI is InChI=1S/C12H17NO2/c1-12(2,3)11(15)13-8-9-4-6-10(14)7-5-9/h4-7,14H,8H2,1-3H3,(H,13,15). The largest absolute Gasteiger partial charge is 0.508 e. The van der Waals surface area contributed by atoms with Crippen molar-refractivity contribution >= 4 is 5.91 Å². The molecular formula is C12H17NO2. The van der Waals surface area contributed by atoms with Crippen LogP contribution < -0.4 is 5.32 Å². The number of hydrogen-bond donors (Lipinski definition) is 2. The summed E-state index contributed by atoms with van der Waals surface area (Å²) < 4.78 is 0. The van der Waals surface area contributed by atoms with Crippen molar-refractivity contribution in [3.8, 4) is 5.75 Å². The molecule has 0 radical (unpaired) electrons. The van der Waals surface area contributed by atoms with Gasteiger partial charge in [-0.1, -0.05) is 32.9 Å². The number of aromatic hydroxyl groups is 1. The minimum Gasteiger partial charge on any atom is -0.508 e. The van der Waals surface area contributed by atoms with Crippen LogP contribution in [0, 0.1) is 5.41 Å². The molecule has 3 heteroatoms. The summed E-state index contributed by atoms with van der Waals surface area (Å²) in [7, 11) is 0. The van der Waals surface area contributed by atoms with Crippen molar-refractivity contribution in [2.24, 2.45) is 5.41 Å². The Morgan fingerprint density at radius 2 is 1.80 bits per heavy atom. The van der Waals surface area contributed by atoms with Crippen LogP contribution in [0.5, 0.6) is 5.75 Å². The number of rotatable bonds is 2. The van der Waals surface area contributed by atoms with E-state index < -0.39 is 0 Å². The molecule has 0 bridgehead atoms. The van der Waals surface area contributed by atoms with Crippen LogP contribution in [0.4, 0.5) is 0 Å². The number of phenolic OH excluding ortho intramolecular Hbond substituents is 1. The van der Waals surface area contributed by atoms with Gasteiger partial charge in [-0.2, -0.15) is 0 Å². The van der Waals surface area contributed by atoms with E-state index in [9.17, 15) is 4.79 Å². The highest BCUT2D eigenvalue weighted by Crippen LogP contribution is 2.13. The Morgan fingerprint density at radius 3 is 2.27 bits per heavy atom. The van der Waals surface area contributed by atoms with Crippen LogP contribution in [-0.4, -0.2) is 11.0 Å². The van der Waals surface area contributed by atoms with Crippen molar-refractivity contribution in [3.05, 3.63) is 29.8 Å². The topological polar surface area (TPSA) is 49.3 Å². The monoisotopic (exact) mass is 207 g/mol. The molecule has 1 amide bonds. The van der Waals surface area contributed by atoms with E-state index in [-0.39, 0.29) is 17.1 Å². The molecule has 1 aromatic rings.